The zero-order chi connectivity index (χ0) is 23.6. The third-order valence-electron chi connectivity index (χ3n) is 5.41. The average molecular weight is 493 g/mol. The quantitative estimate of drug-likeness (QED) is 0.339. The number of nitrogens with zero attached hydrogens (tertiary/aromatic N) is 3. The summed E-state index contributed by atoms with van der Waals surface area (Å²) in [5.41, 5.74) is 0.348. The third kappa shape index (κ3) is 5.23. The molecule has 1 aliphatic rings. The number of amides is 1. The minimum absolute atomic E-state index is 0.0200. The molecule has 0 saturated heterocycles. The van der Waals surface area contributed by atoms with Crippen LogP contribution < -0.4 is 5.32 Å². The van der Waals surface area contributed by atoms with Gasteiger partial charge in [-0.3, -0.25) is 4.79 Å². The predicted octanol–water partition coefficient (Wildman–Crippen LogP) is 5.93. The van der Waals surface area contributed by atoms with Gasteiger partial charge in [0.2, 0.25) is 5.91 Å². The summed E-state index contributed by atoms with van der Waals surface area (Å²) in [7, 11) is 0. The highest BCUT2D eigenvalue weighted by Crippen LogP contribution is 2.40. The number of nitrogens with one attached hydrogen (secondary N) is 1. The Hall–Kier alpha value is -2.84. The number of hydrogen-bond donors (Lipinski definition) is 1. The summed E-state index contributed by atoms with van der Waals surface area (Å²) in [6.45, 7) is 2.14. The van der Waals surface area contributed by atoms with Crippen LogP contribution in [0.1, 0.15) is 41.5 Å². The Balaban J connectivity index is 1.49. The molecule has 0 bridgehead atoms. The molecule has 0 aromatic carbocycles. The highest BCUT2D eigenvalue weighted by Gasteiger charge is 2.34. The lowest BCUT2D eigenvalue weighted by atomic mass is 9.86. The summed E-state index contributed by atoms with van der Waals surface area (Å²) in [5, 5.41) is 12.6. The molecule has 1 aliphatic carbocycles. The van der Waals surface area contributed by atoms with Gasteiger partial charge in [0.05, 0.1) is 17.6 Å². The maximum absolute atomic E-state index is 13.3. The van der Waals surface area contributed by atoms with Crippen LogP contribution >= 0.6 is 23.1 Å². The van der Waals surface area contributed by atoms with Gasteiger partial charge in [0.25, 0.3) is 0 Å². The van der Waals surface area contributed by atoms with E-state index in [1.807, 2.05) is 0 Å². The molecule has 0 unspecified atom stereocenters. The van der Waals surface area contributed by atoms with Crippen molar-refractivity contribution in [2.24, 2.45) is 5.92 Å². The van der Waals surface area contributed by atoms with Gasteiger partial charge in [0.15, 0.2) is 10.9 Å². The molecule has 1 amide bonds. The van der Waals surface area contributed by atoms with Gasteiger partial charge >= 0.3 is 6.18 Å². The largest absolute Gasteiger partial charge is 0.463 e. The normalized spacial score (nSPS) is 15.7. The molecule has 1 atom stereocenters. The fourth-order valence-electron chi connectivity index (χ4n) is 3.69. The lowest BCUT2D eigenvalue weighted by molar-refractivity contribution is -0.141. The smallest absolute Gasteiger partial charge is 0.433 e. The van der Waals surface area contributed by atoms with Gasteiger partial charge in [-0.1, -0.05) is 25.1 Å². The van der Waals surface area contributed by atoms with Gasteiger partial charge in [0, 0.05) is 4.88 Å². The van der Waals surface area contributed by atoms with E-state index in [1.54, 1.807) is 6.07 Å². The van der Waals surface area contributed by atoms with Crippen LogP contribution in [-0.4, -0.2) is 21.6 Å². The SMILES string of the molecule is CC[C@@H]1CCc2c(sc(NC(=O)CSc3nc(-c4ccco4)cc(C(F)(F)F)n3)c2C#N)C1. The lowest BCUT2D eigenvalue weighted by Crippen LogP contribution is -2.15. The second-order valence-electron chi connectivity index (χ2n) is 7.57. The van der Waals surface area contributed by atoms with Gasteiger partial charge in [0.1, 0.15) is 22.5 Å². The van der Waals surface area contributed by atoms with E-state index >= 15 is 0 Å². The highest BCUT2D eigenvalue weighted by atomic mass is 32.2. The van der Waals surface area contributed by atoms with E-state index < -0.39 is 17.8 Å². The molecule has 6 nitrogen and oxygen atoms in total. The van der Waals surface area contributed by atoms with Gasteiger partial charge < -0.3 is 9.73 Å². The molecule has 0 saturated carbocycles. The van der Waals surface area contributed by atoms with Crippen molar-refractivity contribution in [3.8, 4) is 17.5 Å². The first kappa shape index (κ1) is 23.3. The Labute approximate surface area is 196 Å². The topological polar surface area (TPSA) is 91.8 Å². The molecule has 3 heterocycles. The number of furan rings is 1. The van der Waals surface area contributed by atoms with E-state index in [-0.39, 0.29) is 22.4 Å². The minimum atomic E-state index is -4.67. The van der Waals surface area contributed by atoms with E-state index in [1.165, 1.54) is 23.7 Å². The van der Waals surface area contributed by atoms with Crippen molar-refractivity contribution in [2.45, 2.75) is 43.9 Å². The van der Waals surface area contributed by atoms with Crippen LogP contribution in [0.5, 0.6) is 0 Å². The van der Waals surface area contributed by atoms with Crippen molar-refractivity contribution in [1.82, 2.24) is 9.97 Å². The highest BCUT2D eigenvalue weighted by molar-refractivity contribution is 7.99. The van der Waals surface area contributed by atoms with Crippen LogP contribution in [0.3, 0.4) is 0 Å². The lowest BCUT2D eigenvalue weighted by Gasteiger charge is -2.20. The molecular formula is C22H19F3N4O2S2. The zero-order valence-corrected chi connectivity index (χ0v) is 19.2. The van der Waals surface area contributed by atoms with E-state index in [4.69, 9.17) is 4.42 Å². The fraction of sp³-hybridized carbons (Fsp3) is 0.364. The summed E-state index contributed by atoms with van der Waals surface area (Å²) in [6.07, 6.45) is 0.448. The number of aromatic nitrogens is 2. The van der Waals surface area contributed by atoms with E-state index in [0.29, 0.717) is 16.5 Å². The molecule has 0 spiro atoms. The van der Waals surface area contributed by atoms with E-state index in [0.717, 1.165) is 54.0 Å². The van der Waals surface area contributed by atoms with E-state index in [2.05, 4.69) is 28.3 Å². The molecule has 3 aromatic rings. The minimum Gasteiger partial charge on any atom is -0.463 e. The van der Waals surface area contributed by atoms with E-state index in [9.17, 15) is 23.2 Å². The maximum Gasteiger partial charge on any atom is 0.433 e. The number of halogens is 3. The Kier molecular flexibility index (Phi) is 6.76. The predicted molar refractivity (Wildman–Crippen MR) is 119 cm³/mol. The second kappa shape index (κ2) is 9.57. The first-order valence-electron chi connectivity index (χ1n) is 10.3. The molecule has 172 valence electrons. The Bertz CT molecular complexity index is 1200. The first-order chi connectivity index (χ1) is 15.8. The van der Waals surface area contributed by atoms with Crippen molar-refractivity contribution in [1.29, 1.82) is 5.26 Å². The molecule has 0 radical (unpaired) electrons. The second-order valence-corrected chi connectivity index (χ2v) is 9.62. The molecular weight excluding hydrogens is 473 g/mol. The molecule has 0 aliphatic heterocycles. The number of anilines is 1. The summed E-state index contributed by atoms with van der Waals surface area (Å²) in [6, 6.07) is 6.04. The van der Waals surface area contributed by atoms with Crippen LogP contribution in [0, 0.1) is 17.2 Å². The van der Waals surface area contributed by atoms with Gasteiger partial charge in [-0.15, -0.1) is 11.3 Å². The first-order valence-corrected chi connectivity index (χ1v) is 12.1. The van der Waals surface area contributed by atoms with Crippen LogP contribution in [0.25, 0.3) is 11.5 Å². The molecule has 33 heavy (non-hydrogen) atoms. The third-order valence-corrected chi connectivity index (χ3v) is 7.43. The number of nitriles is 1. The number of rotatable bonds is 6. The number of thiophene rings is 1. The van der Waals surface area contributed by atoms with Crippen molar-refractivity contribution in [3.05, 3.63) is 46.2 Å². The standard InChI is InChI=1S/C22H19F3N4O2S2/c1-2-12-5-6-13-14(10-26)20(33-17(13)8-12)29-19(30)11-32-21-27-15(16-4-3-7-31-16)9-18(28-21)22(23,24)25/h3-4,7,9,12H,2,5-6,8,11H2,1H3,(H,29,30)/t12-/m1/s1. The van der Waals surface area contributed by atoms with Crippen LogP contribution in [0.2, 0.25) is 0 Å². The molecule has 4 rings (SSSR count). The van der Waals surface area contributed by atoms with Crippen molar-refractivity contribution in [2.75, 3.05) is 11.1 Å². The van der Waals surface area contributed by atoms with Crippen LogP contribution in [-0.2, 0) is 23.8 Å². The average Bonchev–Trinajstić information content (AvgIpc) is 3.44. The van der Waals surface area contributed by atoms with Gasteiger partial charge in [-0.05, 0) is 48.9 Å². The van der Waals surface area contributed by atoms with Gasteiger partial charge in [-0.25, -0.2) is 9.97 Å². The van der Waals surface area contributed by atoms with Crippen molar-refractivity contribution >= 4 is 34.0 Å². The number of thioether (sulfide) groups is 1. The zero-order valence-electron chi connectivity index (χ0n) is 17.5. The summed E-state index contributed by atoms with van der Waals surface area (Å²) >= 11 is 2.19. The summed E-state index contributed by atoms with van der Waals surface area (Å²) in [5.74, 6) is 0.0949. The number of carbonyl (C=O) groups excluding carboxylic acids is 1. The van der Waals surface area contributed by atoms with Crippen molar-refractivity contribution < 1.29 is 22.4 Å². The number of alkyl halides is 3. The summed E-state index contributed by atoms with van der Waals surface area (Å²) in [4.78, 5) is 21.3. The van der Waals surface area contributed by atoms with Crippen LogP contribution in [0.15, 0.2) is 34.0 Å². The molecule has 1 N–H and O–H groups in total. The molecule has 0 fully saturated rings. The Morgan fingerprint density at radius 1 is 1.42 bits per heavy atom. The number of carbonyl (C=O) groups is 1. The monoisotopic (exact) mass is 492 g/mol. The number of fused-ring (bicyclic) bond motifs is 1. The summed E-state index contributed by atoms with van der Waals surface area (Å²) < 4.78 is 45.0. The van der Waals surface area contributed by atoms with Crippen LogP contribution in [0.4, 0.5) is 18.2 Å². The fourth-order valence-corrected chi connectivity index (χ4v) is 5.67. The molecule has 11 heteroatoms. The van der Waals surface area contributed by atoms with Gasteiger partial charge in [-0.2, -0.15) is 18.4 Å². The van der Waals surface area contributed by atoms with Crippen molar-refractivity contribution in [3.63, 3.8) is 0 Å². The maximum atomic E-state index is 13.3. The Morgan fingerprint density at radius 2 is 2.24 bits per heavy atom. The molecule has 3 aromatic heterocycles. The number of hydrogen-bond acceptors (Lipinski definition) is 7. The Morgan fingerprint density at radius 3 is 2.91 bits per heavy atom.